The highest BCUT2D eigenvalue weighted by Gasteiger charge is 2.50. The second-order valence-electron chi connectivity index (χ2n) is 6.16. The van der Waals surface area contributed by atoms with E-state index in [0.717, 1.165) is 11.1 Å². The van der Waals surface area contributed by atoms with Crippen molar-refractivity contribution in [1.29, 1.82) is 0 Å². The summed E-state index contributed by atoms with van der Waals surface area (Å²) in [5.74, 6) is -1.76. The van der Waals surface area contributed by atoms with Crippen LogP contribution in [0.2, 0.25) is 0 Å². The Bertz CT molecular complexity index is 829. The van der Waals surface area contributed by atoms with E-state index < -0.39 is 16.7 Å². The van der Waals surface area contributed by atoms with Gasteiger partial charge in [-0.2, -0.15) is 0 Å². The van der Waals surface area contributed by atoms with Crippen LogP contribution in [-0.4, -0.2) is 16.6 Å². The molecule has 0 fully saturated rings. The van der Waals surface area contributed by atoms with Crippen LogP contribution in [0.4, 0.5) is 0 Å². The minimum Gasteiger partial charge on any atom is -0.306 e. The van der Waals surface area contributed by atoms with E-state index in [9.17, 15) is 9.59 Å². The van der Waals surface area contributed by atoms with Gasteiger partial charge in [-0.25, -0.2) is 0 Å². The summed E-state index contributed by atoms with van der Waals surface area (Å²) >= 11 is 12.6. The third-order valence-corrected chi connectivity index (χ3v) is 5.28. The van der Waals surface area contributed by atoms with Crippen LogP contribution >= 0.6 is 23.2 Å². The van der Waals surface area contributed by atoms with Gasteiger partial charge in [-0.1, -0.05) is 83.9 Å². The lowest BCUT2D eigenvalue weighted by Crippen LogP contribution is -2.56. The van der Waals surface area contributed by atoms with Crippen LogP contribution < -0.4 is 5.73 Å². The molecule has 2 atom stereocenters. The molecule has 0 radical (unpaired) electrons. The molecule has 2 aromatic carbocycles. The first kappa shape index (κ1) is 17.9. The molecule has 3 nitrogen and oxygen atoms in total. The molecule has 25 heavy (non-hydrogen) atoms. The number of carbonyl (C=O) groups is 2. The Labute approximate surface area is 156 Å². The van der Waals surface area contributed by atoms with Gasteiger partial charge in [0.05, 0.1) is 11.0 Å². The summed E-state index contributed by atoms with van der Waals surface area (Å²) in [6, 6.07) is 18.6. The van der Waals surface area contributed by atoms with Gasteiger partial charge in [0.1, 0.15) is 0 Å². The normalized spacial score (nSPS) is 23.9. The van der Waals surface area contributed by atoms with E-state index in [-0.39, 0.29) is 29.2 Å². The molecule has 0 saturated heterocycles. The molecule has 0 aliphatic heterocycles. The molecule has 2 N–H and O–H groups in total. The van der Waals surface area contributed by atoms with E-state index in [0.29, 0.717) is 0 Å². The molecule has 0 bridgehead atoms. The molecule has 1 aliphatic carbocycles. The van der Waals surface area contributed by atoms with E-state index in [1.54, 1.807) is 0 Å². The lowest BCUT2D eigenvalue weighted by Gasteiger charge is -2.34. The van der Waals surface area contributed by atoms with Gasteiger partial charge in [-0.05, 0) is 17.5 Å². The molecule has 5 heteroatoms. The second kappa shape index (κ2) is 7.12. The highest BCUT2D eigenvalue weighted by molar-refractivity contribution is 6.51. The fourth-order valence-electron chi connectivity index (χ4n) is 3.03. The van der Waals surface area contributed by atoms with Gasteiger partial charge < -0.3 is 5.73 Å². The van der Waals surface area contributed by atoms with Crippen molar-refractivity contribution >= 4 is 34.8 Å². The Kier molecular flexibility index (Phi) is 5.09. The molecule has 0 aromatic heterocycles. The van der Waals surface area contributed by atoms with E-state index in [2.05, 4.69) is 0 Å². The average molecular weight is 374 g/mol. The molecule has 2 aromatic rings. The van der Waals surface area contributed by atoms with Crippen molar-refractivity contribution in [3.05, 3.63) is 82.4 Å². The van der Waals surface area contributed by atoms with Crippen molar-refractivity contribution < 1.29 is 9.59 Å². The SMILES string of the molecule is NC1(Cl)C(=O)C(Cc2ccccc2)=C(Cl)C(=O)C1Cc1ccccc1. The molecule has 3 rings (SSSR count). The van der Waals surface area contributed by atoms with Gasteiger partial charge in [0.25, 0.3) is 0 Å². The minimum atomic E-state index is -1.80. The summed E-state index contributed by atoms with van der Waals surface area (Å²) in [5, 5.41) is -0.0588. The highest BCUT2D eigenvalue weighted by Crippen LogP contribution is 2.38. The molecular weight excluding hydrogens is 357 g/mol. The summed E-state index contributed by atoms with van der Waals surface area (Å²) < 4.78 is 0. The monoisotopic (exact) mass is 373 g/mol. The lowest BCUT2D eigenvalue weighted by atomic mass is 9.77. The molecule has 0 spiro atoms. The zero-order valence-electron chi connectivity index (χ0n) is 13.4. The van der Waals surface area contributed by atoms with Gasteiger partial charge in [0, 0.05) is 12.0 Å². The summed E-state index contributed by atoms with van der Waals surface area (Å²) in [6.07, 6.45) is 0.494. The maximum atomic E-state index is 12.9. The Morgan fingerprint density at radius 1 is 0.920 bits per heavy atom. The maximum Gasteiger partial charge on any atom is 0.196 e. The molecular formula is C20H17Cl2NO2. The first-order valence-corrected chi connectivity index (χ1v) is 8.70. The number of ketones is 2. The first-order chi connectivity index (χ1) is 11.9. The van der Waals surface area contributed by atoms with Crippen LogP contribution in [-0.2, 0) is 22.4 Å². The van der Waals surface area contributed by atoms with E-state index in [1.165, 1.54) is 0 Å². The van der Waals surface area contributed by atoms with Gasteiger partial charge in [-0.3, -0.25) is 9.59 Å². The average Bonchev–Trinajstić information content (AvgIpc) is 2.63. The van der Waals surface area contributed by atoms with Gasteiger partial charge in [-0.15, -0.1) is 0 Å². The largest absolute Gasteiger partial charge is 0.306 e. The Hall–Kier alpha value is -1.94. The quantitative estimate of drug-likeness (QED) is 0.657. The maximum absolute atomic E-state index is 12.9. The Morgan fingerprint density at radius 3 is 2.00 bits per heavy atom. The van der Waals surface area contributed by atoms with Crippen molar-refractivity contribution in [1.82, 2.24) is 0 Å². The smallest absolute Gasteiger partial charge is 0.196 e. The predicted octanol–water partition coefficient (Wildman–Crippen LogP) is 3.63. The summed E-state index contributed by atoms with van der Waals surface area (Å²) in [7, 11) is 0. The van der Waals surface area contributed by atoms with E-state index in [4.69, 9.17) is 28.9 Å². The van der Waals surface area contributed by atoms with Gasteiger partial charge in [0.2, 0.25) is 0 Å². The standard InChI is InChI=1S/C20H17Cl2NO2/c21-17-15(11-13-7-3-1-4-8-13)19(25)20(22,23)16(18(17)24)12-14-9-5-2-6-10-14/h1-10,16H,11-12,23H2. The number of rotatable bonds is 4. The number of allylic oxidation sites excluding steroid dienone is 1. The van der Waals surface area contributed by atoms with Crippen molar-refractivity contribution in [2.45, 2.75) is 17.8 Å². The number of nitrogens with two attached hydrogens (primary N) is 1. The zero-order chi connectivity index (χ0) is 18.0. The highest BCUT2D eigenvalue weighted by atomic mass is 35.5. The molecule has 0 saturated carbocycles. The number of alkyl halides is 1. The first-order valence-electron chi connectivity index (χ1n) is 7.94. The molecule has 0 heterocycles. The summed E-state index contributed by atoms with van der Waals surface area (Å²) in [6.45, 7) is 0. The van der Waals surface area contributed by atoms with Crippen LogP contribution in [0.5, 0.6) is 0 Å². The van der Waals surface area contributed by atoms with Crippen LogP contribution in [0, 0.1) is 5.92 Å². The van der Waals surface area contributed by atoms with Crippen molar-refractivity contribution in [3.8, 4) is 0 Å². The van der Waals surface area contributed by atoms with Crippen molar-refractivity contribution in [2.75, 3.05) is 0 Å². The second-order valence-corrected chi connectivity index (χ2v) is 7.16. The third kappa shape index (κ3) is 3.54. The minimum absolute atomic E-state index is 0.0588. The fourth-order valence-corrected chi connectivity index (χ4v) is 3.61. The topological polar surface area (TPSA) is 60.2 Å². The number of halogens is 2. The third-order valence-electron chi connectivity index (χ3n) is 4.43. The Morgan fingerprint density at radius 2 is 1.44 bits per heavy atom. The number of hydrogen-bond acceptors (Lipinski definition) is 3. The number of hydrogen-bond donors (Lipinski definition) is 1. The predicted molar refractivity (Wildman–Crippen MR) is 99.4 cm³/mol. The van der Waals surface area contributed by atoms with E-state index in [1.807, 2.05) is 60.7 Å². The van der Waals surface area contributed by atoms with Crippen LogP contribution in [0.3, 0.4) is 0 Å². The van der Waals surface area contributed by atoms with Crippen LogP contribution in [0.1, 0.15) is 11.1 Å². The fraction of sp³-hybridized carbons (Fsp3) is 0.200. The van der Waals surface area contributed by atoms with Crippen molar-refractivity contribution in [3.63, 3.8) is 0 Å². The lowest BCUT2D eigenvalue weighted by molar-refractivity contribution is -0.128. The summed E-state index contributed by atoms with van der Waals surface area (Å²) in [5.41, 5.74) is 8.03. The van der Waals surface area contributed by atoms with Crippen LogP contribution in [0.15, 0.2) is 71.3 Å². The number of Topliss-reactive ketones (excluding diaryl/α,β-unsaturated/α-hetero) is 2. The zero-order valence-corrected chi connectivity index (χ0v) is 14.9. The van der Waals surface area contributed by atoms with Crippen molar-refractivity contribution in [2.24, 2.45) is 11.7 Å². The van der Waals surface area contributed by atoms with E-state index >= 15 is 0 Å². The van der Waals surface area contributed by atoms with Gasteiger partial charge >= 0.3 is 0 Å². The molecule has 1 aliphatic rings. The summed E-state index contributed by atoms with van der Waals surface area (Å²) in [4.78, 5) is 23.8. The molecule has 128 valence electrons. The Balaban J connectivity index is 1.95. The van der Waals surface area contributed by atoms with Gasteiger partial charge in [0.15, 0.2) is 16.6 Å². The molecule has 2 unspecified atom stereocenters. The molecule has 0 amide bonds. The van der Waals surface area contributed by atoms with Crippen LogP contribution in [0.25, 0.3) is 0 Å². The number of carbonyl (C=O) groups excluding carboxylic acids is 2. The number of benzene rings is 2.